The van der Waals surface area contributed by atoms with E-state index < -0.39 is 12.1 Å². The molecule has 2 heterocycles. The number of fused-ring (bicyclic) bond motifs is 1. The Morgan fingerprint density at radius 1 is 1.07 bits per heavy atom. The van der Waals surface area contributed by atoms with Gasteiger partial charge in [0.05, 0.1) is 5.52 Å². The Labute approximate surface area is 168 Å². The number of amides is 1. The summed E-state index contributed by atoms with van der Waals surface area (Å²) < 4.78 is 42.1. The summed E-state index contributed by atoms with van der Waals surface area (Å²) in [6.45, 7) is 0.398. The fourth-order valence-electron chi connectivity index (χ4n) is 2.96. The second kappa shape index (κ2) is 7.94. The summed E-state index contributed by atoms with van der Waals surface area (Å²) in [6.07, 6.45) is -2.37. The molecule has 2 aromatic carbocycles. The third kappa shape index (κ3) is 4.29. The first-order valence-corrected chi connectivity index (χ1v) is 9.03. The van der Waals surface area contributed by atoms with E-state index in [1.807, 2.05) is 30.3 Å². The second-order valence-corrected chi connectivity index (χ2v) is 6.54. The van der Waals surface area contributed by atoms with E-state index in [0.717, 1.165) is 16.5 Å². The molecule has 0 spiro atoms. The highest BCUT2D eigenvalue weighted by atomic mass is 19.4. The van der Waals surface area contributed by atoms with Crippen molar-refractivity contribution in [3.63, 3.8) is 0 Å². The maximum Gasteiger partial charge on any atom is 0.471 e. The normalized spacial score (nSPS) is 11.6. The van der Waals surface area contributed by atoms with Crippen molar-refractivity contribution in [3.05, 3.63) is 77.8 Å². The molecule has 4 rings (SSSR count). The molecule has 1 amide bonds. The van der Waals surface area contributed by atoms with Gasteiger partial charge in [0.1, 0.15) is 0 Å². The topological polar surface area (TPSA) is 80.9 Å². The van der Waals surface area contributed by atoms with Crippen LogP contribution in [0.15, 0.2) is 65.3 Å². The Morgan fingerprint density at radius 2 is 1.93 bits per heavy atom. The van der Waals surface area contributed by atoms with E-state index >= 15 is 0 Å². The third-order valence-corrected chi connectivity index (χ3v) is 4.42. The number of halogens is 3. The van der Waals surface area contributed by atoms with Crippen LogP contribution < -0.4 is 5.32 Å². The van der Waals surface area contributed by atoms with Gasteiger partial charge in [-0.2, -0.15) is 18.2 Å². The van der Waals surface area contributed by atoms with Crippen molar-refractivity contribution in [2.75, 3.05) is 6.54 Å². The largest absolute Gasteiger partial charge is 0.471 e. The first-order valence-electron chi connectivity index (χ1n) is 9.03. The number of carbonyl (C=O) groups excluding carboxylic acids is 1. The van der Waals surface area contributed by atoms with E-state index in [1.165, 1.54) is 12.1 Å². The van der Waals surface area contributed by atoms with Crippen molar-refractivity contribution in [2.24, 2.45) is 0 Å². The van der Waals surface area contributed by atoms with Crippen LogP contribution in [0.25, 0.3) is 22.3 Å². The molecule has 0 aliphatic carbocycles. The predicted molar refractivity (Wildman–Crippen MR) is 103 cm³/mol. The second-order valence-electron chi connectivity index (χ2n) is 6.54. The van der Waals surface area contributed by atoms with Gasteiger partial charge in [-0.15, -0.1) is 0 Å². The fraction of sp³-hybridized carbons (Fsp3) is 0.143. The number of pyridine rings is 1. The lowest BCUT2D eigenvalue weighted by molar-refractivity contribution is -0.159. The standard InChI is InChI=1S/C21H15F3N4O2/c22-21(23,24)20-27-18(28-30-20)15-3-1-4-16(12-15)19(29)26-10-8-13-6-7-17-14(11-13)5-2-9-25-17/h1-7,9,11-12H,8,10H2,(H,26,29). The molecule has 6 nitrogen and oxygen atoms in total. The third-order valence-electron chi connectivity index (χ3n) is 4.42. The Morgan fingerprint density at radius 3 is 2.73 bits per heavy atom. The summed E-state index contributed by atoms with van der Waals surface area (Å²) in [7, 11) is 0. The van der Waals surface area contributed by atoms with Gasteiger partial charge < -0.3 is 9.84 Å². The number of nitrogens with zero attached hydrogens (tertiary/aromatic N) is 3. The quantitative estimate of drug-likeness (QED) is 0.529. The minimum Gasteiger partial charge on any atom is -0.352 e. The van der Waals surface area contributed by atoms with Gasteiger partial charge in [-0.1, -0.05) is 29.4 Å². The van der Waals surface area contributed by atoms with Crippen molar-refractivity contribution in [1.82, 2.24) is 20.4 Å². The molecular weight excluding hydrogens is 397 g/mol. The van der Waals surface area contributed by atoms with Crippen LogP contribution in [0.3, 0.4) is 0 Å². The molecule has 0 unspecified atom stereocenters. The van der Waals surface area contributed by atoms with Crippen LogP contribution in [-0.2, 0) is 12.6 Å². The van der Waals surface area contributed by atoms with Crippen LogP contribution in [0.4, 0.5) is 13.2 Å². The molecule has 0 saturated carbocycles. The van der Waals surface area contributed by atoms with Gasteiger partial charge in [0.2, 0.25) is 5.82 Å². The van der Waals surface area contributed by atoms with E-state index in [-0.39, 0.29) is 22.9 Å². The maximum absolute atomic E-state index is 12.6. The Hall–Kier alpha value is -3.75. The van der Waals surface area contributed by atoms with E-state index in [1.54, 1.807) is 18.3 Å². The molecule has 0 radical (unpaired) electrons. The highest BCUT2D eigenvalue weighted by Gasteiger charge is 2.38. The summed E-state index contributed by atoms with van der Waals surface area (Å²) in [4.78, 5) is 20.0. The van der Waals surface area contributed by atoms with E-state index in [4.69, 9.17) is 0 Å². The summed E-state index contributed by atoms with van der Waals surface area (Å²) in [5.41, 5.74) is 2.49. The molecular formula is C21H15F3N4O2. The van der Waals surface area contributed by atoms with E-state index in [2.05, 4.69) is 25.0 Å². The minimum absolute atomic E-state index is 0.234. The summed E-state index contributed by atoms with van der Waals surface area (Å²) in [6, 6.07) is 15.8. The van der Waals surface area contributed by atoms with Crippen LogP contribution in [0.5, 0.6) is 0 Å². The number of alkyl halides is 3. The Kier molecular flexibility index (Phi) is 5.18. The number of nitrogens with one attached hydrogen (secondary N) is 1. The minimum atomic E-state index is -4.72. The number of hydrogen-bond acceptors (Lipinski definition) is 5. The number of rotatable bonds is 5. The lowest BCUT2D eigenvalue weighted by Crippen LogP contribution is -2.25. The lowest BCUT2D eigenvalue weighted by Gasteiger charge is -2.07. The monoisotopic (exact) mass is 412 g/mol. The lowest BCUT2D eigenvalue weighted by atomic mass is 10.1. The molecule has 0 bridgehead atoms. The molecule has 0 fully saturated rings. The van der Waals surface area contributed by atoms with Crippen molar-refractivity contribution in [1.29, 1.82) is 0 Å². The zero-order valence-electron chi connectivity index (χ0n) is 15.5. The van der Waals surface area contributed by atoms with Crippen LogP contribution in [0.2, 0.25) is 0 Å². The fourth-order valence-corrected chi connectivity index (χ4v) is 2.96. The van der Waals surface area contributed by atoms with Crippen molar-refractivity contribution in [3.8, 4) is 11.4 Å². The molecule has 0 aliphatic heterocycles. The van der Waals surface area contributed by atoms with Crippen LogP contribution in [0, 0.1) is 0 Å². The molecule has 30 heavy (non-hydrogen) atoms. The van der Waals surface area contributed by atoms with Gasteiger partial charge >= 0.3 is 12.1 Å². The van der Waals surface area contributed by atoms with Gasteiger partial charge in [-0.3, -0.25) is 9.78 Å². The first-order chi connectivity index (χ1) is 14.4. The molecule has 1 N–H and O–H groups in total. The molecule has 0 atom stereocenters. The SMILES string of the molecule is O=C(NCCc1ccc2ncccc2c1)c1cccc(-c2noc(C(F)(F)F)n2)c1. The number of carbonyl (C=O) groups is 1. The summed E-state index contributed by atoms with van der Waals surface area (Å²) in [5, 5.41) is 7.16. The molecule has 152 valence electrons. The van der Waals surface area contributed by atoms with Crippen LogP contribution in [-0.4, -0.2) is 27.6 Å². The predicted octanol–water partition coefficient (Wildman–Crippen LogP) is 4.28. The van der Waals surface area contributed by atoms with Crippen LogP contribution in [0.1, 0.15) is 21.8 Å². The maximum atomic E-state index is 12.6. The highest BCUT2D eigenvalue weighted by Crippen LogP contribution is 2.29. The van der Waals surface area contributed by atoms with Gasteiger partial charge in [-0.05, 0) is 42.3 Å². The van der Waals surface area contributed by atoms with Crippen molar-refractivity contribution in [2.45, 2.75) is 12.6 Å². The van der Waals surface area contributed by atoms with Crippen molar-refractivity contribution >= 4 is 16.8 Å². The average molecular weight is 412 g/mol. The zero-order chi connectivity index (χ0) is 21.1. The smallest absolute Gasteiger partial charge is 0.352 e. The van der Waals surface area contributed by atoms with Gasteiger partial charge in [-0.25, -0.2) is 0 Å². The van der Waals surface area contributed by atoms with Gasteiger partial charge in [0.25, 0.3) is 5.91 Å². The molecule has 9 heteroatoms. The van der Waals surface area contributed by atoms with Crippen molar-refractivity contribution < 1.29 is 22.5 Å². The zero-order valence-corrected chi connectivity index (χ0v) is 15.5. The Balaban J connectivity index is 1.41. The number of hydrogen-bond donors (Lipinski definition) is 1. The molecule has 2 aromatic heterocycles. The molecule has 0 saturated heterocycles. The number of aromatic nitrogens is 3. The first kappa shape index (κ1) is 19.6. The molecule has 0 aliphatic rings. The summed E-state index contributed by atoms with van der Waals surface area (Å²) >= 11 is 0. The number of benzene rings is 2. The van der Waals surface area contributed by atoms with E-state index in [0.29, 0.717) is 13.0 Å². The Bertz CT molecular complexity index is 1200. The highest BCUT2D eigenvalue weighted by molar-refractivity contribution is 5.95. The van der Waals surface area contributed by atoms with E-state index in [9.17, 15) is 18.0 Å². The summed E-state index contributed by atoms with van der Waals surface area (Å²) in [5.74, 6) is -2.02. The van der Waals surface area contributed by atoms with Gasteiger partial charge in [0.15, 0.2) is 0 Å². The molecule has 4 aromatic rings. The average Bonchev–Trinajstić information content (AvgIpc) is 3.25. The van der Waals surface area contributed by atoms with Gasteiger partial charge in [0, 0.05) is 29.3 Å². The van der Waals surface area contributed by atoms with Crippen LogP contribution >= 0.6 is 0 Å².